The molecule has 3 aromatic rings. The van der Waals surface area contributed by atoms with Crippen molar-refractivity contribution < 1.29 is 14.3 Å². The molecule has 0 fully saturated rings. The molecule has 3 heterocycles. The molecule has 0 spiro atoms. The number of aliphatic carboxylic acids is 1. The fourth-order valence-corrected chi connectivity index (χ4v) is 3.11. The number of nitrogens with two attached hydrogens (primary N) is 2. The van der Waals surface area contributed by atoms with Crippen molar-refractivity contribution >= 4 is 34.9 Å². The highest BCUT2D eigenvalue weighted by atomic mass is 35.5. The molecule has 0 bridgehead atoms. The first kappa shape index (κ1) is 16.9. The SMILES string of the molecule is NC(N)=NC(C(=O)O)c1nc(-c2ccc(Cl)s2)oc1-c1cccnc1. The summed E-state index contributed by atoms with van der Waals surface area (Å²) in [6.07, 6.45) is 3.12. The van der Waals surface area contributed by atoms with Gasteiger partial charge in [0.2, 0.25) is 5.89 Å². The molecule has 0 amide bonds. The number of pyridine rings is 1. The Hall–Kier alpha value is -2.91. The molecule has 8 nitrogen and oxygen atoms in total. The van der Waals surface area contributed by atoms with Crippen LogP contribution in [-0.4, -0.2) is 27.0 Å². The second-order valence-corrected chi connectivity index (χ2v) is 6.59. The Labute approximate surface area is 150 Å². The molecular formula is C15H12ClN5O3S. The summed E-state index contributed by atoms with van der Waals surface area (Å²) in [6, 6.07) is 5.43. The number of nitrogens with zero attached hydrogens (tertiary/aromatic N) is 3. The van der Waals surface area contributed by atoms with Crippen molar-refractivity contribution in [2.45, 2.75) is 6.04 Å². The zero-order chi connectivity index (χ0) is 18.0. The number of rotatable bonds is 5. The monoisotopic (exact) mass is 377 g/mol. The van der Waals surface area contributed by atoms with E-state index in [1.54, 1.807) is 30.5 Å². The third-order valence-corrected chi connectivity index (χ3v) is 4.35. The first-order valence-corrected chi connectivity index (χ1v) is 8.13. The lowest BCUT2D eigenvalue weighted by atomic mass is 10.1. The Bertz CT molecular complexity index is 934. The molecule has 128 valence electrons. The maximum Gasteiger partial charge on any atom is 0.335 e. The van der Waals surface area contributed by atoms with Gasteiger partial charge in [-0.05, 0) is 24.3 Å². The second-order valence-electron chi connectivity index (χ2n) is 4.87. The lowest BCUT2D eigenvalue weighted by molar-refractivity contribution is -0.138. The van der Waals surface area contributed by atoms with Gasteiger partial charge in [-0.25, -0.2) is 14.8 Å². The zero-order valence-electron chi connectivity index (χ0n) is 12.6. The van der Waals surface area contributed by atoms with Crippen LogP contribution in [0.1, 0.15) is 11.7 Å². The number of thiophene rings is 1. The highest BCUT2D eigenvalue weighted by molar-refractivity contribution is 7.19. The average Bonchev–Trinajstić information content (AvgIpc) is 3.19. The van der Waals surface area contributed by atoms with Crippen LogP contribution in [0.4, 0.5) is 0 Å². The molecule has 3 rings (SSSR count). The summed E-state index contributed by atoms with van der Waals surface area (Å²) in [7, 11) is 0. The molecule has 0 aromatic carbocycles. The number of aromatic nitrogens is 2. The number of carbonyl (C=O) groups is 1. The van der Waals surface area contributed by atoms with Crippen molar-refractivity contribution in [3.63, 3.8) is 0 Å². The summed E-state index contributed by atoms with van der Waals surface area (Å²) in [5.74, 6) is -1.18. The van der Waals surface area contributed by atoms with E-state index in [1.165, 1.54) is 17.5 Å². The van der Waals surface area contributed by atoms with E-state index in [2.05, 4.69) is 15.0 Å². The Morgan fingerprint density at radius 2 is 2.16 bits per heavy atom. The largest absolute Gasteiger partial charge is 0.479 e. The number of hydrogen-bond donors (Lipinski definition) is 3. The van der Waals surface area contributed by atoms with Crippen LogP contribution in [0.2, 0.25) is 4.34 Å². The molecule has 1 atom stereocenters. The fourth-order valence-electron chi connectivity index (χ4n) is 2.14. The van der Waals surface area contributed by atoms with Crippen LogP contribution in [0.5, 0.6) is 0 Å². The summed E-state index contributed by atoms with van der Waals surface area (Å²) in [5, 5.41) is 9.50. The lowest BCUT2D eigenvalue weighted by Crippen LogP contribution is -2.26. The topological polar surface area (TPSA) is 141 Å². The zero-order valence-corrected chi connectivity index (χ0v) is 14.2. The van der Waals surface area contributed by atoms with Crippen molar-refractivity contribution in [1.82, 2.24) is 9.97 Å². The van der Waals surface area contributed by atoms with E-state index in [0.29, 0.717) is 14.8 Å². The van der Waals surface area contributed by atoms with Gasteiger partial charge in [0.05, 0.1) is 9.21 Å². The van der Waals surface area contributed by atoms with E-state index in [9.17, 15) is 9.90 Å². The van der Waals surface area contributed by atoms with Crippen LogP contribution in [0.25, 0.3) is 22.1 Å². The van der Waals surface area contributed by atoms with Gasteiger partial charge in [-0.3, -0.25) is 4.98 Å². The van der Waals surface area contributed by atoms with Crippen molar-refractivity contribution in [1.29, 1.82) is 0 Å². The summed E-state index contributed by atoms with van der Waals surface area (Å²) >= 11 is 7.20. The molecule has 0 radical (unpaired) electrons. The molecule has 25 heavy (non-hydrogen) atoms. The van der Waals surface area contributed by atoms with Gasteiger partial charge in [0.15, 0.2) is 17.8 Å². The third-order valence-electron chi connectivity index (χ3n) is 3.13. The van der Waals surface area contributed by atoms with Crippen LogP contribution < -0.4 is 11.5 Å². The number of aliphatic imine (C=N–C) groups is 1. The number of guanidine groups is 1. The van der Waals surface area contributed by atoms with Gasteiger partial charge in [0, 0.05) is 18.0 Å². The smallest absolute Gasteiger partial charge is 0.335 e. The average molecular weight is 378 g/mol. The molecule has 0 saturated heterocycles. The van der Waals surface area contributed by atoms with Crippen LogP contribution in [0.3, 0.4) is 0 Å². The quantitative estimate of drug-likeness (QED) is 0.458. The van der Waals surface area contributed by atoms with Gasteiger partial charge in [-0.1, -0.05) is 11.6 Å². The molecule has 3 aromatic heterocycles. The van der Waals surface area contributed by atoms with Gasteiger partial charge < -0.3 is 21.0 Å². The van der Waals surface area contributed by atoms with Crippen molar-refractivity contribution in [2.24, 2.45) is 16.5 Å². The van der Waals surface area contributed by atoms with Crippen LogP contribution in [-0.2, 0) is 4.79 Å². The summed E-state index contributed by atoms with van der Waals surface area (Å²) in [4.78, 5) is 24.4. The highest BCUT2D eigenvalue weighted by Gasteiger charge is 2.29. The fraction of sp³-hybridized carbons (Fsp3) is 0.0667. The van der Waals surface area contributed by atoms with Gasteiger partial charge in [0.25, 0.3) is 0 Å². The van der Waals surface area contributed by atoms with Crippen molar-refractivity contribution in [3.8, 4) is 22.1 Å². The summed E-state index contributed by atoms with van der Waals surface area (Å²) in [6.45, 7) is 0. The molecule has 1 unspecified atom stereocenters. The predicted octanol–water partition coefficient (Wildman–Crippen LogP) is 2.52. The minimum absolute atomic E-state index is 0.0772. The first-order valence-electron chi connectivity index (χ1n) is 6.94. The second kappa shape index (κ2) is 6.91. The van der Waals surface area contributed by atoms with E-state index in [0.717, 1.165) is 0 Å². The van der Waals surface area contributed by atoms with E-state index in [-0.39, 0.29) is 23.3 Å². The number of oxazole rings is 1. The van der Waals surface area contributed by atoms with E-state index in [4.69, 9.17) is 27.5 Å². The summed E-state index contributed by atoms with van der Waals surface area (Å²) < 4.78 is 6.35. The Morgan fingerprint density at radius 3 is 2.72 bits per heavy atom. The Balaban J connectivity index is 2.19. The number of halogens is 1. The van der Waals surface area contributed by atoms with Crippen LogP contribution in [0.15, 0.2) is 46.1 Å². The van der Waals surface area contributed by atoms with Gasteiger partial charge in [0.1, 0.15) is 5.69 Å². The van der Waals surface area contributed by atoms with Crippen LogP contribution >= 0.6 is 22.9 Å². The molecule has 0 aliphatic heterocycles. The molecule has 10 heteroatoms. The Kier molecular flexibility index (Phi) is 4.68. The number of hydrogen-bond acceptors (Lipinski definition) is 6. The molecule has 5 N–H and O–H groups in total. The normalized spacial score (nSPS) is 11.9. The molecular weight excluding hydrogens is 366 g/mol. The maximum absolute atomic E-state index is 11.6. The van der Waals surface area contributed by atoms with Crippen LogP contribution in [0, 0.1) is 0 Å². The Morgan fingerprint density at radius 1 is 1.36 bits per heavy atom. The minimum atomic E-state index is -1.41. The summed E-state index contributed by atoms with van der Waals surface area (Å²) in [5.41, 5.74) is 11.3. The predicted molar refractivity (Wildman–Crippen MR) is 94.2 cm³/mol. The maximum atomic E-state index is 11.6. The van der Waals surface area contributed by atoms with E-state index >= 15 is 0 Å². The highest BCUT2D eigenvalue weighted by Crippen LogP contribution is 2.37. The standard InChI is InChI=1S/C15H12ClN5O3S/c16-9-4-3-8(25-9)13-20-10(11(14(22)23)21-15(17)18)12(24-13)7-2-1-5-19-6-7/h1-6,11H,(H,22,23)(H4,17,18,21). The van der Waals surface area contributed by atoms with E-state index < -0.39 is 12.0 Å². The molecule has 0 saturated carbocycles. The number of carboxylic acids is 1. The van der Waals surface area contributed by atoms with Crippen molar-refractivity contribution in [2.75, 3.05) is 0 Å². The number of carboxylic acid groups (broad SMARTS) is 1. The van der Waals surface area contributed by atoms with Gasteiger partial charge in [-0.15, -0.1) is 11.3 Å². The minimum Gasteiger partial charge on any atom is -0.479 e. The van der Waals surface area contributed by atoms with Crippen molar-refractivity contribution in [3.05, 3.63) is 46.7 Å². The third kappa shape index (κ3) is 3.62. The lowest BCUT2D eigenvalue weighted by Gasteiger charge is -2.06. The first-order chi connectivity index (χ1) is 12.0. The molecule has 0 aliphatic carbocycles. The van der Waals surface area contributed by atoms with Gasteiger partial charge in [-0.2, -0.15) is 0 Å². The molecule has 0 aliphatic rings. The van der Waals surface area contributed by atoms with Gasteiger partial charge >= 0.3 is 5.97 Å². The van der Waals surface area contributed by atoms with E-state index in [1.807, 2.05) is 0 Å².